The van der Waals surface area contributed by atoms with Crippen molar-refractivity contribution in [1.82, 2.24) is 0 Å². The Morgan fingerprint density at radius 2 is 2.38 bits per heavy atom. The second-order valence-corrected chi connectivity index (χ2v) is 4.02. The maximum atomic E-state index is 11.7. The smallest absolute Gasteiger partial charge is 0.340 e. The Labute approximate surface area is 102 Å². The molecule has 0 heterocycles. The van der Waals surface area contributed by atoms with Gasteiger partial charge in [-0.1, -0.05) is 6.92 Å². The molecule has 2 N–H and O–H groups in total. The summed E-state index contributed by atoms with van der Waals surface area (Å²) < 4.78 is 5.58. The first-order valence-corrected chi connectivity index (χ1v) is 5.53. The SMILES string of the molecule is CCC(C#N)OC(=O)c1cc(N)ccc1Br. The normalized spacial score (nSPS) is 11.6. The van der Waals surface area contributed by atoms with Gasteiger partial charge in [-0.15, -0.1) is 0 Å². The van der Waals surface area contributed by atoms with Crippen LogP contribution < -0.4 is 5.73 Å². The minimum atomic E-state index is -0.721. The van der Waals surface area contributed by atoms with E-state index in [2.05, 4.69) is 15.9 Å². The molecule has 0 aliphatic carbocycles. The van der Waals surface area contributed by atoms with Gasteiger partial charge < -0.3 is 10.5 Å². The van der Waals surface area contributed by atoms with Crippen LogP contribution in [-0.4, -0.2) is 12.1 Å². The lowest BCUT2D eigenvalue weighted by atomic mass is 10.2. The molecule has 0 aliphatic rings. The quantitative estimate of drug-likeness (QED) is 0.683. The zero-order valence-corrected chi connectivity index (χ0v) is 10.3. The van der Waals surface area contributed by atoms with Crippen LogP contribution in [0.4, 0.5) is 5.69 Å². The van der Waals surface area contributed by atoms with Crippen LogP contribution in [0.3, 0.4) is 0 Å². The summed E-state index contributed by atoms with van der Waals surface area (Å²) in [5, 5.41) is 8.68. The van der Waals surface area contributed by atoms with Crippen LogP contribution in [-0.2, 0) is 4.74 Å². The Balaban J connectivity index is 2.89. The first kappa shape index (κ1) is 12.5. The first-order chi connectivity index (χ1) is 7.58. The third kappa shape index (κ3) is 2.97. The Morgan fingerprint density at radius 3 is 2.94 bits per heavy atom. The molecule has 0 aromatic heterocycles. The molecular formula is C11H11BrN2O2. The van der Waals surface area contributed by atoms with Gasteiger partial charge in [-0.3, -0.25) is 0 Å². The van der Waals surface area contributed by atoms with Crippen molar-refractivity contribution in [2.45, 2.75) is 19.4 Å². The highest BCUT2D eigenvalue weighted by Crippen LogP contribution is 2.21. The highest BCUT2D eigenvalue weighted by molar-refractivity contribution is 9.10. The van der Waals surface area contributed by atoms with Crippen LogP contribution in [0, 0.1) is 11.3 Å². The van der Waals surface area contributed by atoms with Gasteiger partial charge in [0.15, 0.2) is 6.10 Å². The molecule has 0 spiro atoms. The van der Waals surface area contributed by atoms with E-state index in [-0.39, 0.29) is 0 Å². The van der Waals surface area contributed by atoms with Crippen LogP contribution in [0.25, 0.3) is 0 Å². The summed E-state index contributed by atoms with van der Waals surface area (Å²) in [7, 11) is 0. The van der Waals surface area contributed by atoms with Crippen LogP contribution in [0.15, 0.2) is 22.7 Å². The lowest BCUT2D eigenvalue weighted by Crippen LogP contribution is -2.16. The van der Waals surface area contributed by atoms with Gasteiger partial charge in [0.1, 0.15) is 6.07 Å². The maximum absolute atomic E-state index is 11.7. The largest absolute Gasteiger partial charge is 0.443 e. The van der Waals surface area contributed by atoms with Gasteiger partial charge in [0.05, 0.1) is 5.56 Å². The number of nitrogen functional groups attached to an aromatic ring is 1. The summed E-state index contributed by atoms with van der Waals surface area (Å²) in [6.45, 7) is 1.77. The molecule has 0 radical (unpaired) electrons. The van der Waals surface area contributed by atoms with E-state index >= 15 is 0 Å². The molecular weight excluding hydrogens is 272 g/mol. The number of rotatable bonds is 3. The Kier molecular flexibility index (Phi) is 4.32. The number of anilines is 1. The first-order valence-electron chi connectivity index (χ1n) is 4.74. The zero-order chi connectivity index (χ0) is 12.1. The average molecular weight is 283 g/mol. The highest BCUT2D eigenvalue weighted by atomic mass is 79.9. The van der Waals surface area contributed by atoms with E-state index in [1.165, 1.54) is 6.07 Å². The molecule has 5 heteroatoms. The van der Waals surface area contributed by atoms with Gasteiger partial charge in [0.25, 0.3) is 0 Å². The molecule has 1 unspecified atom stereocenters. The van der Waals surface area contributed by atoms with Gasteiger partial charge >= 0.3 is 5.97 Å². The zero-order valence-electron chi connectivity index (χ0n) is 8.74. The third-order valence-corrected chi connectivity index (χ3v) is 2.67. The molecule has 0 saturated carbocycles. The minimum Gasteiger partial charge on any atom is -0.443 e. The summed E-state index contributed by atoms with van der Waals surface area (Å²) in [5.41, 5.74) is 6.37. The van der Waals surface area contributed by atoms with Crippen molar-refractivity contribution in [3.63, 3.8) is 0 Å². The molecule has 16 heavy (non-hydrogen) atoms. The molecule has 0 fully saturated rings. The fourth-order valence-corrected chi connectivity index (χ4v) is 1.50. The molecule has 4 nitrogen and oxygen atoms in total. The van der Waals surface area contributed by atoms with Crippen LogP contribution in [0.1, 0.15) is 23.7 Å². The summed E-state index contributed by atoms with van der Waals surface area (Å²) in [6.07, 6.45) is -0.261. The van der Waals surface area contributed by atoms with E-state index in [0.717, 1.165) is 0 Å². The molecule has 0 saturated heterocycles. The van der Waals surface area contributed by atoms with Crippen molar-refractivity contribution in [3.8, 4) is 6.07 Å². The number of nitriles is 1. The number of nitrogens with two attached hydrogens (primary N) is 1. The maximum Gasteiger partial charge on any atom is 0.340 e. The van der Waals surface area contributed by atoms with Crippen LogP contribution in [0.2, 0.25) is 0 Å². The molecule has 84 valence electrons. The number of hydrogen-bond donors (Lipinski definition) is 1. The monoisotopic (exact) mass is 282 g/mol. The van der Waals surface area contributed by atoms with E-state index in [0.29, 0.717) is 22.1 Å². The van der Waals surface area contributed by atoms with Crippen LogP contribution >= 0.6 is 15.9 Å². The van der Waals surface area contributed by atoms with E-state index in [1.54, 1.807) is 19.1 Å². The number of esters is 1. The number of carbonyl (C=O) groups excluding carboxylic acids is 1. The van der Waals surface area contributed by atoms with E-state index < -0.39 is 12.1 Å². The number of carbonyl (C=O) groups is 1. The fraction of sp³-hybridized carbons (Fsp3) is 0.273. The molecule has 0 amide bonds. The van der Waals surface area contributed by atoms with Crippen molar-refractivity contribution >= 4 is 27.6 Å². The summed E-state index contributed by atoms with van der Waals surface area (Å²) in [5.74, 6) is -0.549. The lowest BCUT2D eigenvalue weighted by molar-refractivity contribution is 0.0400. The lowest BCUT2D eigenvalue weighted by Gasteiger charge is -2.10. The summed E-state index contributed by atoms with van der Waals surface area (Å²) in [4.78, 5) is 11.7. The predicted octanol–water partition coefficient (Wildman–Crippen LogP) is 2.49. The minimum absolute atomic E-state index is 0.328. The van der Waals surface area contributed by atoms with Gasteiger partial charge in [-0.2, -0.15) is 5.26 Å². The molecule has 1 aromatic rings. The second kappa shape index (κ2) is 5.52. The number of hydrogen-bond acceptors (Lipinski definition) is 4. The molecule has 0 aliphatic heterocycles. The van der Waals surface area contributed by atoms with Gasteiger partial charge in [0.2, 0.25) is 0 Å². The Morgan fingerprint density at radius 1 is 1.69 bits per heavy atom. The van der Waals surface area contributed by atoms with Gasteiger partial charge in [-0.05, 0) is 40.5 Å². The van der Waals surface area contributed by atoms with E-state index in [4.69, 9.17) is 15.7 Å². The van der Waals surface area contributed by atoms with Crippen molar-refractivity contribution in [2.75, 3.05) is 5.73 Å². The second-order valence-electron chi connectivity index (χ2n) is 3.17. The Hall–Kier alpha value is -1.54. The number of nitrogens with zero attached hydrogens (tertiary/aromatic N) is 1. The third-order valence-electron chi connectivity index (χ3n) is 1.97. The number of halogens is 1. The average Bonchev–Trinajstić information content (AvgIpc) is 2.28. The predicted molar refractivity (Wildman–Crippen MR) is 63.7 cm³/mol. The van der Waals surface area contributed by atoms with E-state index in [9.17, 15) is 4.79 Å². The van der Waals surface area contributed by atoms with Crippen molar-refractivity contribution in [1.29, 1.82) is 5.26 Å². The van der Waals surface area contributed by atoms with Gasteiger partial charge in [-0.25, -0.2) is 4.79 Å². The summed E-state index contributed by atoms with van der Waals surface area (Å²) >= 11 is 3.23. The molecule has 1 atom stereocenters. The topological polar surface area (TPSA) is 76.1 Å². The van der Waals surface area contributed by atoms with Crippen LogP contribution in [0.5, 0.6) is 0 Å². The molecule has 1 aromatic carbocycles. The van der Waals surface area contributed by atoms with E-state index in [1.807, 2.05) is 6.07 Å². The van der Waals surface area contributed by atoms with Crippen molar-refractivity contribution in [2.24, 2.45) is 0 Å². The number of ether oxygens (including phenoxy) is 1. The standard InChI is InChI=1S/C11H11BrN2O2/c1-2-8(6-13)16-11(15)9-5-7(14)3-4-10(9)12/h3-5,8H,2,14H2,1H3. The Bertz CT molecular complexity index is 440. The summed E-state index contributed by atoms with van der Waals surface area (Å²) in [6, 6.07) is 6.74. The fourth-order valence-electron chi connectivity index (χ4n) is 1.09. The molecule has 0 bridgehead atoms. The molecule has 1 rings (SSSR count). The van der Waals surface area contributed by atoms with Gasteiger partial charge in [0, 0.05) is 10.2 Å². The van der Waals surface area contributed by atoms with Crippen molar-refractivity contribution < 1.29 is 9.53 Å². The number of benzene rings is 1. The highest BCUT2D eigenvalue weighted by Gasteiger charge is 2.16. The van der Waals surface area contributed by atoms with Crippen molar-refractivity contribution in [3.05, 3.63) is 28.2 Å².